The van der Waals surface area contributed by atoms with Gasteiger partial charge in [-0.2, -0.15) is 8.42 Å². The molecule has 1 rings (SSSR count). The van der Waals surface area contributed by atoms with E-state index < -0.39 is 10.1 Å². The second-order valence-electron chi connectivity index (χ2n) is 2.81. The van der Waals surface area contributed by atoms with E-state index in [-0.39, 0.29) is 12.3 Å². The van der Waals surface area contributed by atoms with E-state index in [0.717, 1.165) is 0 Å². The summed E-state index contributed by atoms with van der Waals surface area (Å²) in [5.74, 6) is -0.379. The van der Waals surface area contributed by atoms with Crippen LogP contribution in [0.1, 0.15) is 0 Å². The van der Waals surface area contributed by atoms with Crippen molar-refractivity contribution in [2.45, 2.75) is 0 Å². The standard InChI is InChI=1S/C8H9Cl2NO3S/c9-6-2-1-3-7(8(6)10)11-4-5-15(12,13)14/h1-3,11H,4-5H2,(H,12,13,14). The van der Waals surface area contributed by atoms with Crippen molar-refractivity contribution in [2.75, 3.05) is 17.6 Å². The maximum absolute atomic E-state index is 10.4. The highest BCUT2D eigenvalue weighted by molar-refractivity contribution is 7.85. The number of anilines is 1. The summed E-state index contributed by atoms with van der Waals surface area (Å²) < 4.78 is 29.4. The van der Waals surface area contributed by atoms with Crippen LogP contribution in [0.3, 0.4) is 0 Å². The van der Waals surface area contributed by atoms with Gasteiger partial charge in [0.05, 0.1) is 21.5 Å². The Morgan fingerprint density at radius 3 is 2.60 bits per heavy atom. The Kier molecular flexibility index (Phi) is 4.21. The topological polar surface area (TPSA) is 66.4 Å². The molecule has 0 unspecified atom stereocenters. The highest BCUT2D eigenvalue weighted by Crippen LogP contribution is 2.29. The summed E-state index contributed by atoms with van der Waals surface area (Å²) in [6, 6.07) is 4.97. The lowest BCUT2D eigenvalue weighted by Gasteiger charge is -2.07. The molecule has 1 aromatic rings. The van der Waals surface area contributed by atoms with Gasteiger partial charge in [0.15, 0.2) is 0 Å². The highest BCUT2D eigenvalue weighted by Gasteiger charge is 2.06. The number of rotatable bonds is 4. The third-order valence-corrected chi connectivity index (χ3v) is 3.17. The molecule has 15 heavy (non-hydrogen) atoms. The van der Waals surface area contributed by atoms with E-state index in [4.69, 9.17) is 27.8 Å². The average Bonchev–Trinajstić information content (AvgIpc) is 2.10. The molecule has 0 saturated heterocycles. The van der Waals surface area contributed by atoms with Crippen LogP contribution in [-0.4, -0.2) is 25.3 Å². The Morgan fingerprint density at radius 2 is 2.00 bits per heavy atom. The first-order valence-electron chi connectivity index (χ1n) is 4.03. The predicted molar refractivity (Wildman–Crippen MR) is 61.4 cm³/mol. The molecule has 0 atom stereocenters. The minimum atomic E-state index is -3.96. The van der Waals surface area contributed by atoms with E-state index in [2.05, 4.69) is 5.32 Å². The molecule has 0 spiro atoms. The van der Waals surface area contributed by atoms with E-state index in [1.54, 1.807) is 18.2 Å². The number of hydrogen-bond donors (Lipinski definition) is 2. The molecule has 0 aliphatic heterocycles. The van der Waals surface area contributed by atoms with Crippen molar-refractivity contribution >= 4 is 39.0 Å². The van der Waals surface area contributed by atoms with Gasteiger partial charge in [0.25, 0.3) is 10.1 Å². The van der Waals surface area contributed by atoms with Crippen LogP contribution in [0.2, 0.25) is 10.0 Å². The molecule has 4 nitrogen and oxygen atoms in total. The maximum Gasteiger partial charge on any atom is 0.266 e. The van der Waals surface area contributed by atoms with Crippen LogP contribution < -0.4 is 5.32 Å². The molecule has 7 heteroatoms. The van der Waals surface area contributed by atoms with Crippen molar-refractivity contribution in [3.05, 3.63) is 28.2 Å². The van der Waals surface area contributed by atoms with Gasteiger partial charge in [-0.15, -0.1) is 0 Å². The van der Waals surface area contributed by atoms with Gasteiger partial charge in [-0.3, -0.25) is 4.55 Å². The van der Waals surface area contributed by atoms with Gasteiger partial charge < -0.3 is 5.32 Å². The largest absolute Gasteiger partial charge is 0.383 e. The summed E-state index contributed by atoms with van der Waals surface area (Å²) in [7, 11) is -3.96. The van der Waals surface area contributed by atoms with Crippen LogP contribution >= 0.6 is 23.2 Å². The van der Waals surface area contributed by atoms with Crippen LogP contribution in [0, 0.1) is 0 Å². The van der Waals surface area contributed by atoms with Gasteiger partial charge in [0.2, 0.25) is 0 Å². The molecule has 0 heterocycles. The minimum Gasteiger partial charge on any atom is -0.383 e. The summed E-state index contributed by atoms with van der Waals surface area (Å²) >= 11 is 11.6. The van der Waals surface area contributed by atoms with E-state index in [9.17, 15) is 8.42 Å². The van der Waals surface area contributed by atoms with Crippen molar-refractivity contribution in [3.8, 4) is 0 Å². The smallest absolute Gasteiger partial charge is 0.266 e. The molecule has 0 radical (unpaired) electrons. The number of hydrogen-bond acceptors (Lipinski definition) is 3. The van der Waals surface area contributed by atoms with Gasteiger partial charge in [0, 0.05) is 6.54 Å². The first-order valence-corrected chi connectivity index (χ1v) is 6.40. The third-order valence-electron chi connectivity index (χ3n) is 1.63. The van der Waals surface area contributed by atoms with Crippen LogP contribution in [0.15, 0.2) is 18.2 Å². The second kappa shape index (κ2) is 5.03. The zero-order valence-corrected chi connectivity index (χ0v) is 9.90. The van der Waals surface area contributed by atoms with Crippen molar-refractivity contribution in [3.63, 3.8) is 0 Å². The lowest BCUT2D eigenvalue weighted by Crippen LogP contribution is -2.14. The van der Waals surface area contributed by atoms with E-state index in [1.807, 2.05) is 0 Å². The quantitative estimate of drug-likeness (QED) is 0.824. The zero-order valence-electron chi connectivity index (χ0n) is 7.57. The molecule has 1 aromatic carbocycles. The fraction of sp³-hybridized carbons (Fsp3) is 0.250. The lowest BCUT2D eigenvalue weighted by atomic mass is 10.3. The second-order valence-corrected chi connectivity index (χ2v) is 5.17. The van der Waals surface area contributed by atoms with Crippen molar-refractivity contribution in [2.24, 2.45) is 0 Å². The first kappa shape index (κ1) is 12.6. The first-order chi connectivity index (χ1) is 6.90. The Hall–Kier alpha value is -0.490. The molecular formula is C8H9Cl2NO3S. The van der Waals surface area contributed by atoms with Crippen LogP contribution in [-0.2, 0) is 10.1 Å². The van der Waals surface area contributed by atoms with E-state index >= 15 is 0 Å². The average molecular weight is 270 g/mol. The number of benzene rings is 1. The lowest BCUT2D eigenvalue weighted by molar-refractivity contribution is 0.484. The molecule has 0 bridgehead atoms. The van der Waals surface area contributed by atoms with Crippen LogP contribution in [0.25, 0.3) is 0 Å². The molecule has 0 aliphatic rings. The zero-order chi connectivity index (χ0) is 11.5. The molecule has 0 fully saturated rings. The summed E-state index contributed by atoms with van der Waals surface area (Å²) in [5.41, 5.74) is 0.535. The third kappa shape index (κ3) is 4.25. The number of halogens is 2. The van der Waals surface area contributed by atoms with Crippen molar-refractivity contribution in [1.29, 1.82) is 0 Å². The molecule has 0 saturated carbocycles. The summed E-state index contributed by atoms with van der Waals surface area (Å²) in [4.78, 5) is 0. The molecular weight excluding hydrogens is 261 g/mol. The maximum atomic E-state index is 10.4. The molecule has 84 valence electrons. The van der Waals surface area contributed by atoms with Gasteiger partial charge in [-0.1, -0.05) is 29.3 Å². The summed E-state index contributed by atoms with van der Waals surface area (Å²) in [6.07, 6.45) is 0. The molecule has 0 aromatic heterocycles. The fourth-order valence-electron chi connectivity index (χ4n) is 0.955. The van der Waals surface area contributed by atoms with Crippen molar-refractivity contribution < 1.29 is 13.0 Å². The number of nitrogens with one attached hydrogen (secondary N) is 1. The van der Waals surface area contributed by atoms with Crippen LogP contribution in [0.4, 0.5) is 5.69 Å². The minimum absolute atomic E-state index is 0.0683. The monoisotopic (exact) mass is 269 g/mol. The van der Waals surface area contributed by atoms with E-state index in [1.165, 1.54) is 0 Å². The SMILES string of the molecule is O=S(=O)(O)CCNc1cccc(Cl)c1Cl. The Bertz CT molecular complexity index is 447. The van der Waals surface area contributed by atoms with Gasteiger partial charge in [-0.05, 0) is 12.1 Å². The van der Waals surface area contributed by atoms with Gasteiger partial charge in [0.1, 0.15) is 0 Å². The van der Waals surface area contributed by atoms with Crippen molar-refractivity contribution in [1.82, 2.24) is 0 Å². The van der Waals surface area contributed by atoms with E-state index in [0.29, 0.717) is 15.7 Å². The van der Waals surface area contributed by atoms with Crippen LogP contribution in [0.5, 0.6) is 0 Å². The van der Waals surface area contributed by atoms with Gasteiger partial charge >= 0.3 is 0 Å². The predicted octanol–water partition coefficient (Wildman–Crippen LogP) is 2.29. The highest BCUT2D eigenvalue weighted by atomic mass is 35.5. The summed E-state index contributed by atoms with van der Waals surface area (Å²) in [6.45, 7) is 0.0683. The Balaban J connectivity index is 2.62. The Labute approximate surface area is 97.9 Å². The fourth-order valence-corrected chi connectivity index (χ4v) is 1.68. The summed E-state index contributed by atoms with van der Waals surface area (Å²) in [5, 5.41) is 3.47. The Morgan fingerprint density at radius 1 is 1.33 bits per heavy atom. The molecule has 2 N–H and O–H groups in total. The van der Waals surface area contributed by atoms with Gasteiger partial charge in [-0.25, -0.2) is 0 Å². The molecule has 0 aliphatic carbocycles. The molecule has 0 amide bonds. The normalized spacial score (nSPS) is 11.4.